The normalized spacial score (nSPS) is 20.8. The van der Waals surface area contributed by atoms with Crippen LogP contribution in [0.4, 0.5) is 5.82 Å². The van der Waals surface area contributed by atoms with Crippen molar-refractivity contribution in [2.75, 3.05) is 25.6 Å². The lowest BCUT2D eigenvalue weighted by Crippen LogP contribution is -2.36. The van der Waals surface area contributed by atoms with Crippen LogP contribution in [0.5, 0.6) is 0 Å². The summed E-state index contributed by atoms with van der Waals surface area (Å²) in [5, 5.41) is 30.9. The number of aliphatic hydroxyl groups excluding tert-OH is 3. The van der Waals surface area contributed by atoms with Gasteiger partial charge >= 0.3 is 33.3 Å². The van der Waals surface area contributed by atoms with Crippen LogP contribution in [0.1, 0.15) is 123 Å². The van der Waals surface area contributed by atoms with Crippen molar-refractivity contribution in [2.24, 2.45) is 5.92 Å². The lowest BCUT2D eigenvalue weighted by atomic mass is 10.0. The Balaban J connectivity index is 1.85. The number of hydrogen-bond acceptors (Lipinski definition) is 16. The van der Waals surface area contributed by atoms with Crippen LogP contribution in [0.15, 0.2) is 90.0 Å². The molecule has 0 radical (unpaired) electrons. The van der Waals surface area contributed by atoms with Gasteiger partial charge in [-0.1, -0.05) is 132 Å². The number of hydrogen-bond donors (Lipinski definition) is 6. The highest BCUT2D eigenvalue weighted by atomic mass is 31.3. The van der Waals surface area contributed by atoms with E-state index in [-0.39, 0.29) is 18.7 Å². The molecule has 21 heteroatoms. The lowest BCUT2D eigenvalue weighted by Gasteiger charge is -2.21. The van der Waals surface area contributed by atoms with Crippen LogP contribution in [0.3, 0.4) is 0 Å². The Labute approximate surface area is 394 Å². The van der Waals surface area contributed by atoms with Gasteiger partial charge in [0.15, 0.2) is 12.3 Å². The third-order valence-electron chi connectivity index (χ3n) is 9.83. The van der Waals surface area contributed by atoms with Gasteiger partial charge in [0.05, 0.1) is 19.3 Å². The zero-order chi connectivity index (χ0) is 49.5. The van der Waals surface area contributed by atoms with Gasteiger partial charge in [0, 0.05) is 19.0 Å². The second-order valence-electron chi connectivity index (χ2n) is 16.2. The Hall–Kier alpha value is -3.84. The number of ether oxygens (including phenoxy) is 3. The van der Waals surface area contributed by atoms with Crippen LogP contribution in [0, 0.1) is 5.92 Å². The third-order valence-corrected chi connectivity index (χ3v) is 12.4. The van der Waals surface area contributed by atoms with Crippen molar-refractivity contribution in [1.82, 2.24) is 9.55 Å². The molecule has 0 aliphatic carbocycles. The van der Waals surface area contributed by atoms with Gasteiger partial charge in [-0.25, -0.2) is 13.9 Å². The van der Waals surface area contributed by atoms with Gasteiger partial charge in [0.25, 0.3) is 0 Å². The van der Waals surface area contributed by atoms with E-state index in [0.717, 1.165) is 62.1 Å². The number of unbranched alkanes of at least 4 members (excludes halogenated alkanes) is 5. The molecule has 7 N–H and O–H groups in total. The summed E-state index contributed by atoms with van der Waals surface area (Å²) in [6, 6.07) is 1.24. The summed E-state index contributed by atoms with van der Waals surface area (Å²) < 4.78 is 56.4. The maximum Gasteiger partial charge on any atom is 0.481 e. The Morgan fingerprint density at radius 1 is 0.836 bits per heavy atom. The van der Waals surface area contributed by atoms with E-state index in [9.17, 15) is 48.6 Å². The minimum Gasteiger partial charge on any atom is -0.462 e. The second kappa shape index (κ2) is 33.6. The summed E-state index contributed by atoms with van der Waals surface area (Å²) in [5.41, 5.74) is 4.56. The Kier molecular flexibility index (Phi) is 29.7. The average molecular weight is 986 g/mol. The highest BCUT2D eigenvalue weighted by Crippen LogP contribution is 2.60. The number of anilines is 1. The Bertz CT molecular complexity index is 1930. The summed E-state index contributed by atoms with van der Waals surface area (Å²) in [6.45, 7) is 4.03. The summed E-state index contributed by atoms with van der Waals surface area (Å²) in [7, 11) is -10.9. The maximum atomic E-state index is 12.8. The molecule has 2 rings (SSSR count). The molecular formula is C46H73N3O16P2. The van der Waals surface area contributed by atoms with Gasteiger partial charge in [0.2, 0.25) is 0 Å². The number of carbonyl (C=O) groups is 2. The molecule has 0 bridgehead atoms. The summed E-state index contributed by atoms with van der Waals surface area (Å²) in [4.78, 5) is 61.6. The zero-order valence-corrected chi connectivity index (χ0v) is 40.7. The molecule has 1 aliphatic rings. The molecule has 0 saturated carbocycles. The van der Waals surface area contributed by atoms with E-state index in [2.05, 4.69) is 42.2 Å². The second-order valence-corrected chi connectivity index (χ2v) is 19.2. The molecule has 67 heavy (non-hydrogen) atoms. The lowest BCUT2D eigenvalue weighted by molar-refractivity contribution is -0.161. The molecule has 378 valence electrons. The predicted octanol–water partition coefficient (Wildman–Crippen LogP) is 7.38. The molecule has 0 amide bonds. The Morgan fingerprint density at radius 3 is 2.18 bits per heavy atom. The van der Waals surface area contributed by atoms with Crippen LogP contribution in [-0.4, -0.2) is 96.9 Å². The molecule has 2 heterocycles. The fraction of sp³-hybridized carbons (Fsp3) is 0.609. The van der Waals surface area contributed by atoms with Crippen molar-refractivity contribution in [3.8, 4) is 0 Å². The van der Waals surface area contributed by atoms with E-state index in [4.69, 9.17) is 29.0 Å². The first-order valence-corrected chi connectivity index (χ1v) is 25.9. The number of nitrogens with two attached hydrogens (primary N) is 1. The molecule has 1 fully saturated rings. The fourth-order valence-electron chi connectivity index (χ4n) is 6.25. The molecule has 0 spiro atoms. The highest BCUT2D eigenvalue weighted by Gasteiger charge is 2.46. The number of rotatable bonds is 35. The molecule has 1 aromatic rings. The van der Waals surface area contributed by atoms with Crippen molar-refractivity contribution in [1.29, 1.82) is 0 Å². The van der Waals surface area contributed by atoms with Crippen molar-refractivity contribution in [3.05, 3.63) is 95.7 Å². The third kappa shape index (κ3) is 27.7. The number of esters is 2. The quantitative estimate of drug-likeness (QED) is 0.0127. The van der Waals surface area contributed by atoms with Crippen molar-refractivity contribution < 1.29 is 71.4 Å². The average Bonchev–Trinajstić information content (AvgIpc) is 3.54. The van der Waals surface area contributed by atoms with E-state index in [1.807, 2.05) is 48.6 Å². The molecule has 3 unspecified atom stereocenters. The van der Waals surface area contributed by atoms with Gasteiger partial charge in [-0.3, -0.25) is 23.2 Å². The number of aromatic nitrogens is 2. The van der Waals surface area contributed by atoms with Crippen LogP contribution < -0.4 is 11.4 Å². The minimum absolute atomic E-state index is 0.0179. The summed E-state index contributed by atoms with van der Waals surface area (Å²) in [6.07, 6.45) is 26.7. The van der Waals surface area contributed by atoms with Crippen molar-refractivity contribution >= 4 is 33.4 Å². The van der Waals surface area contributed by atoms with Gasteiger partial charge in [-0.05, 0) is 56.9 Å². The van der Waals surface area contributed by atoms with E-state index >= 15 is 0 Å². The van der Waals surface area contributed by atoms with E-state index < -0.39 is 89.8 Å². The fourth-order valence-corrected chi connectivity index (χ4v) is 8.36. The SMILES string of the molecule is CC/C=C\C/C=C\CC(O)/C=C/C=C\C/C=C\C/C=C\CCC(=O)OC[C@H](COP(=O)(O)OP(=O)(O)OC[C@H]1O[C@@H](n2ccc(N)nc2=O)[C@H](O)[C@@H]1O)OC(=O)CCCCCCCCC(C)C. The molecule has 1 aliphatic heterocycles. The molecule has 1 aromatic heterocycles. The maximum absolute atomic E-state index is 12.8. The van der Waals surface area contributed by atoms with Gasteiger partial charge in [0.1, 0.15) is 30.7 Å². The number of nitrogens with zero attached hydrogens (tertiary/aromatic N) is 2. The zero-order valence-electron chi connectivity index (χ0n) is 38.9. The molecule has 0 aromatic carbocycles. The van der Waals surface area contributed by atoms with E-state index in [1.165, 1.54) is 6.07 Å². The van der Waals surface area contributed by atoms with Gasteiger partial charge in [-0.2, -0.15) is 9.29 Å². The number of nitrogen functional groups attached to an aromatic ring is 1. The summed E-state index contributed by atoms with van der Waals surface area (Å²) in [5.74, 6) is -0.800. The largest absolute Gasteiger partial charge is 0.481 e. The highest BCUT2D eigenvalue weighted by molar-refractivity contribution is 7.61. The van der Waals surface area contributed by atoms with Gasteiger partial charge < -0.3 is 45.1 Å². The van der Waals surface area contributed by atoms with Gasteiger partial charge in [-0.15, -0.1) is 0 Å². The smallest absolute Gasteiger partial charge is 0.462 e. The van der Waals surface area contributed by atoms with E-state index in [0.29, 0.717) is 38.0 Å². The number of phosphoric ester groups is 2. The van der Waals surface area contributed by atoms with Crippen LogP contribution in [0.2, 0.25) is 0 Å². The predicted molar refractivity (Wildman–Crippen MR) is 253 cm³/mol. The number of allylic oxidation sites excluding steroid dienone is 10. The molecular weight excluding hydrogens is 912 g/mol. The van der Waals surface area contributed by atoms with Crippen molar-refractivity contribution in [3.63, 3.8) is 0 Å². The van der Waals surface area contributed by atoms with Crippen LogP contribution in [0.25, 0.3) is 0 Å². The number of phosphoric acid groups is 2. The monoisotopic (exact) mass is 985 g/mol. The van der Waals surface area contributed by atoms with Crippen molar-refractivity contribution in [2.45, 2.75) is 154 Å². The Morgan fingerprint density at radius 2 is 1.48 bits per heavy atom. The molecule has 19 nitrogen and oxygen atoms in total. The first kappa shape index (κ1) is 59.3. The topological polar surface area (TPSA) is 286 Å². The number of carbonyl (C=O) groups excluding carboxylic acids is 2. The minimum atomic E-state index is -5.44. The molecule has 8 atom stereocenters. The molecule has 1 saturated heterocycles. The summed E-state index contributed by atoms with van der Waals surface area (Å²) >= 11 is 0. The van der Waals surface area contributed by atoms with E-state index in [1.54, 1.807) is 12.2 Å². The standard InChI is InChI=1S/C46H73N3O16P2/c1-4-5-6-7-17-22-27-37(50)28-23-18-12-10-8-9-11-13-19-24-29-41(51)60-33-38(63-42(52)30-25-20-15-14-16-21-26-36(2)3)34-61-66(56,57)65-67(58,59)62-35-39-43(53)44(54)45(64-39)49-32-31-40(47)48-46(49)55/h5-6,8-9,12-13,17-19,22-23,28,31-32,36-39,43-45,50,53-54H,4,7,10-11,14-16,20-21,24-27,29-30,33-35H2,1-3H3,(H,56,57)(H,58,59)(H2,47,48,55)/b6-5-,9-8-,18-12-,19-13-,22-17-,28-23+/t37?,38-,39-,43-,44-,45-/m1/s1. The van der Waals surface area contributed by atoms with Crippen LogP contribution >= 0.6 is 15.6 Å². The first-order chi connectivity index (χ1) is 31.9. The first-order valence-electron chi connectivity index (χ1n) is 22.9. The van der Waals surface area contributed by atoms with Crippen LogP contribution in [-0.2, 0) is 46.3 Å². The number of aliphatic hydroxyl groups is 3.